The minimum Gasteiger partial charge on any atom is -0.496 e. The quantitative estimate of drug-likeness (QED) is 0.693. The molecule has 2 N–H and O–H groups in total. The Kier molecular flexibility index (Phi) is 7.59. The van der Waals surface area contributed by atoms with Crippen molar-refractivity contribution in [1.29, 1.82) is 0 Å². The highest BCUT2D eigenvalue weighted by Gasteiger charge is 2.10. The van der Waals surface area contributed by atoms with Gasteiger partial charge in [-0.3, -0.25) is 4.79 Å². The number of hydrogen-bond acceptors (Lipinski definition) is 4. The van der Waals surface area contributed by atoms with Gasteiger partial charge in [-0.2, -0.15) is 0 Å². The van der Waals surface area contributed by atoms with E-state index in [1.807, 2.05) is 24.3 Å². The third-order valence-electron chi connectivity index (χ3n) is 5.18. The van der Waals surface area contributed by atoms with Crippen LogP contribution in [0, 0.1) is 0 Å². The van der Waals surface area contributed by atoms with Gasteiger partial charge >= 0.3 is 0 Å². The van der Waals surface area contributed by atoms with Crippen molar-refractivity contribution in [2.24, 2.45) is 0 Å². The Morgan fingerprint density at radius 2 is 1.75 bits per heavy atom. The fourth-order valence-electron chi connectivity index (χ4n) is 3.60. The van der Waals surface area contributed by atoms with Crippen molar-refractivity contribution in [2.45, 2.75) is 32.1 Å². The van der Waals surface area contributed by atoms with Gasteiger partial charge in [0.15, 0.2) is 0 Å². The molecule has 1 saturated heterocycles. The Bertz CT molecular complexity index is 740. The second kappa shape index (κ2) is 10.6. The minimum absolute atomic E-state index is 0.0623. The lowest BCUT2D eigenvalue weighted by atomic mass is 10.1. The number of amides is 1. The highest BCUT2D eigenvalue weighted by atomic mass is 16.5. The SMILES string of the molecule is COc1ccccc1CCNC(=O)CCNc1ccc(N2CCCCC2)cc1. The highest BCUT2D eigenvalue weighted by molar-refractivity contribution is 5.76. The summed E-state index contributed by atoms with van der Waals surface area (Å²) >= 11 is 0. The van der Waals surface area contributed by atoms with Crippen LogP contribution in [0.3, 0.4) is 0 Å². The second-order valence-corrected chi connectivity index (χ2v) is 7.18. The van der Waals surface area contributed by atoms with E-state index in [-0.39, 0.29) is 5.91 Å². The van der Waals surface area contributed by atoms with E-state index in [1.165, 1.54) is 24.9 Å². The van der Waals surface area contributed by atoms with Crippen molar-refractivity contribution in [1.82, 2.24) is 5.32 Å². The molecule has 0 spiro atoms. The van der Waals surface area contributed by atoms with E-state index in [4.69, 9.17) is 4.74 Å². The average Bonchev–Trinajstić information content (AvgIpc) is 2.75. The summed E-state index contributed by atoms with van der Waals surface area (Å²) in [5.74, 6) is 0.929. The summed E-state index contributed by atoms with van der Waals surface area (Å²) in [4.78, 5) is 14.5. The summed E-state index contributed by atoms with van der Waals surface area (Å²) < 4.78 is 5.34. The monoisotopic (exact) mass is 381 g/mol. The van der Waals surface area contributed by atoms with E-state index in [0.717, 1.165) is 36.5 Å². The first kappa shape index (κ1) is 20.1. The molecule has 1 amide bonds. The number of para-hydroxylation sites is 1. The van der Waals surface area contributed by atoms with Crippen molar-refractivity contribution in [3.8, 4) is 5.75 Å². The molecule has 1 aliphatic heterocycles. The van der Waals surface area contributed by atoms with Gasteiger partial charge in [0.2, 0.25) is 5.91 Å². The van der Waals surface area contributed by atoms with Crippen LogP contribution in [0.15, 0.2) is 48.5 Å². The Hall–Kier alpha value is -2.69. The zero-order valence-electron chi connectivity index (χ0n) is 16.7. The number of piperidine rings is 1. The molecule has 1 fully saturated rings. The Morgan fingerprint density at radius 1 is 1.00 bits per heavy atom. The van der Waals surface area contributed by atoms with Crippen molar-refractivity contribution in [2.75, 3.05) is 43.5 Å². The number of nitrogens with zero attached hydrogens (tertiary/aromatic N) is 1. The molecule has 28 heavy (non-hydrogen) atoms. The standard InChI is InChI=1S/C23H31N3O2/c1-28-22-8-4-3-7-19(22)13-15-25-23(27)14-16-24-20-9-11-21(12-10-20)26-17-5-2-6-18-26/h3-4,7-12,24H,2,5-6,13-18H2,1H3,(H,25,27). The maximum Gasteiger partial charge on any atom is 0.221 e. The molecule has 2 aromatic rings. The fraction of sp³-hybridized carbons (Fsp3) is 0.435. The number of methoxy groups -OCH3 is 1. The molecule has 0 atom stereocenters. The molecule has 1 heterocycles. The zero-order chi connectivity index (χ0) is 19.6. The van der Waals surface area contributed by atoms with E-state index in [1.54, 1.807) is 7.11 Å². The van der Waals surface area contributed by atoms with Gasteiger partial charge in [-0.1, -0.05) is 18.2 Å². The molecule has 2 aromatic carbocycles. The van der Waals surface area contributed by atoms with Crippen LogP contribution in [0.2, 0.25) is 0 Å². The van der Waals surface area contributed by atoms with Crippen LogP contribution >= 0.6 is 0 Å². The smallest absolute Gasteiger partial charge is 0.221 e. The van der Waals surface area contributed by atoms with Gasteiger partial charge in [-0.05, 0) is 61.6 Å². The van der Waals surface area contributed by atoms with Crippen LogP contribution in [0.5, 0.6) is 5.75 Å². The first-order valence-corrected chi connectivity index (χ1v) is 10.2. The normalized spacial score (nSPS) is 13.8. The summed E-state index contributed by atoms with van der Waals surface area (Å²) in [6, 6.07) is 16.4. The van der Waals surface area contributed by atoms with E-state index < -0.39 is 0 Å². The van der Waals surface area contributed by atoms with Crippen LogP contribution < -0.4 is 20.3 Å². The molecule has 5 heteroatoms. The lowest BCUT2D eigenvalue weighted by Gasteiger charge is -2.28. The number of ether oxygens (including phenoxy) is 1. The van der Waals surface area contributed by atoms with E-state index >= 15 is 0 Å². The number of carbonyl (C=O) groups is 1. The van der Waals surface area contributed by atoms with Crippen molar-refractivity contribution < 1.29 is 9.53 Å². The molecular formula is C23H31N3O2. The highest BCUT2D eigenvalue weighted by Crippen LogP contribution is 2.21. The molecule has 0 aromatic heterocycles. The van der Waals surface area contributed by atoms with Gasteiger partial charge in [-0.15, -0.1) is 0 Å². The minimum atomic E-state index is 0.0623. The van der Waals surface area contributed by atoms with Crippen LogP contribution in [0.1, 0.15) is 31.2 Å². The van der Waals surface area contributed by atoms with Crippen LogP contribution in [0.25, 0.3) is 0 Å². The first-order valence-electron chi connectivity index (χ1n) is 10.2. The number of anilines is 2. The van der Waals surface area contributed by atoms with Crippen LogP contribution in [-0.2, 0) is 11.2 Å². The lowest BCUT2D eigenvalue weighted by Crippen LogP contribution is -2.29. The van der Waals surface area contributed by atoms with E-state index in [9.17, 15) is 4.79 Å². The first-order chi connectivity index (χ1) is 13.8. The summed E-state index contributed by atoms with van der Waals surface area (Å²) in [5, 5.41) is 6.31. The Morgan fingerprint density at radius 3 is 2.50 bits per heavy atom. The third kappa shape index (κ3) is 5.91. The van der Waals surface area contributed by atoms with E-state index in [0.29, 0.717) is 19.5 Å². The molecule has 0 bridgehead atoms. The number of nitrogens with one attached hydrogen (secondary N) is 2. The van der Waals surface area contributed by atoms with Gasteiger partial charge in [0.1, 0.15) is 5.75 Å². The van der Waals surface area contributed by atoms with Gasteiger partial charge < -0.3 is 20.3 Å². The molecule has 150 valence electrons. The molecule has 5 nitrogen and oxygen atoms in total. The predicted molar refractivity (Wildman–Crippen MR) is 115 cm³/mol. The third-order valence-corrected chi connectivity index (χ3v) is 5.18. The lowest BCUT2D eigenvalue weighted by molar-refractivity contribution is -0.120. The molecular weight excluding hydrogens is 350 g/mol. The molecule has 1 aliphatic rings. The second-order valence-electron chi connectivity index (χ2n) is 7.18. The predicted octanol–water partition coefficient (Wildman–Crippen LogP) is 3.85. The molecule has 0 unspecified atom stereocenters. The van der Waals surface area contributed by atoms with Crippen molar-refractivity contribution in [3.05, 3.63) is 54.1 Å². The summed E-state index contributed by atoms with van der Waals surface area (Å²) in [6.45, 7) is 3.55. The van der Waals surface area contributed by atoms with Gasteiger partial charge in [0.05, 0.1) is 7.11 Å². The molecule has 0 aliphatic carbocycles. The Labute approximate surface area is 168 Å². The number of benzene rings is 2. The largest absolute Gasteiger partial charge is 0.496 e. The van der Waals surface area contributed by atoms with Crippen LogP contribution in [0.4, 0.5) is 11.4 Å². The number of hydrogen-bond donors (Lipinski definition) is 2. The summed E-state index contributed by atoms with van der Waals surface area (Å²) in [5.41, 5.74) is 3.46. The average molecular weight is 382 g/mol. The zero-order valence-corrected chi connectivity index (χ0v) is 16.7. The molecule has 3 rings (SSSR count). The van der Waals surface area contributed by atoms with Gasteiger partial charge in [0, 0.05) is 44.0 Å². The maximum absolute atomic E-state index is 12.0. The number of rotatable bonds is 9. The number of carbonyl (C=O) groups excluding carboxylic acids is 1. The van der Waals surface area contributed by atoms with Gasteiger partial charge in [-0.25, -0.2) is 0 Å². The maximum atomic E-state index is 12.0. The van der Waals surface area contributed by atoms with Gasteiger partial charge in [0.25, 0.3) is 0 Å². The topological polar surface area (TPSA) is 53.6 Å². The fourth-order valence-corrected chi connectivity index (χ4v) is 3.60. The Balaban J connectivity index is 1.34. The summed E-state index contributed by atoms with van der Waals surface area (Å²) in [6.07, 6.45) is 5.14. The van der Waals surface area contributed by atoms with Crippen LogP contribution in [-0.4, -0.2) is 39.2 Å². The molecule has 0 saturated carbocycles. The van der Waals surface area contributed by atoms with Crippen molar-refractivity contribution >= 4 is 17.3 Å². The summed E-state index contributed by atoms with van der Waals surface area (Å²) in [7, 11) is 1.67. The van der Waals surface area contributed by atoms with E-state index in [2.05, 4.69) is 39.8 Å². The van der Waals surface area contributed by atoms with Crippen molar-refractivity contribution in [3.63, 3.8) is 0 Å². The molecule has 0 radical (unpaired) electrons.